The second-order valence-electron chi connectivity index (χ2n) is 6.42. The van der Waals surface area contributed by atoms with Crippen molar-refractivity contribution < 1.29 is 9.84 Å². The third kappa shape index (κ3) is 5.01. The van der Waals surface area contributed by atoms with Crippen molar-refractivity contribution in [3.8, 4) is 5.75 Å². The average Bonchev–Trinajstić information content (AvgIpc) is 2.43. The molecule has 1 rings (SSSR count). The first-order valence-electron chi connectivity index (χ1n) is 7.35. The molecule has 1 N–H and O–H groups in total. The normalized spacial score (nSPS) is 12.3. The fraction of sp³-hybridized carbons (Fsp3) is 0.556. The van der Waals surface area contributed by atoms with E-state index in [9.17, 15) is 5.11 Å². The monoisotopic (exact) mass is 276 g/mol. The maximum atomic E-state index is 9.25. The van der Waals surface area contributed by atoms with Gasteiger partial charge in [0.05, 0.1) is 7.11 Å². The minimum absolute atomic E-state index is 0.00575. The predicted octanol–water partition coefficient (Wildman–Crippen LogP) is 4.63. The molecule has 0 atom stereocenters. The number of allylic oxidation sites excluding steroid dienone is 1. The predicted molar refractivity (Wildman–Crippen MR) is 86.2 cm³/mol. The van der Waals surface area contributed by atoms with Crippen LogP contribution in [0.4, 0.5) is 0 Å². The van der Waals surface area contributed by atoms with Crippen molar-refractivity contribution in [3.63, 3.8) is 0 Å². The van der Waals surface area contributed by atoms with E-state index >= 15 is 0 Å². The van der Waals surface area contributed by atoms with Gasteiger partial charge >= 0.3 is 0 Å². The Morgan fingerprint density at radius 2 is 2.00 bits per heavy atom. The molecule has 1 aromatic carbocycles. The average molecular weight is 276 g/mol. The first-order chi connectivity index (χ1) is 9.39. The first-order valence-corrected chi connectivity index (χ1v) is 7.35. The second kappa shape index (κ2) is 7.49. The molecule has 2 heteroatoms. The third-order valence-corrected chi connectivity index (χ3v) is 3.63. The van der Waals surface area contributed by atoms with Gasteiger partial charge in [-0.15, -0.1) is 0 Å². The van der Waals surface area contributed by atoms with Crippen LogP contribution in [0.25, 0.3) is 6.08 Å². The van der Waals surface area contributed by atoms with Crippen LogP contribution in [0.3, 0.4) is 0 Å². The molecule has 0 aliphatic rings. The molecule has 0 radical (unpaired) electrons. The van der Waals surface area contributed by atoms with Gasteiger partial charge in [0, 0.05) is 12.2 Å². The molecule has 0 unspecified atom stereocenters. The van der Waals surface area contributed by atoms with E-state index in [2.05, 4.69) is 52.0 Å². The van der Waals surface area contributed by atoms with Crippen molar-refractivity contribution in [1.82, 2.24) is 0 Å². The molecule has 0 saturated carbocycles. The molecule has 1 aromatic rings. The van der Waals surface area contributed by atoms with Gasteiger partial charge in [-0.1, -0.05) is 45.9 Å². The van der Waals surface area contributed by atoms with Gasteiger partial charge in [-0.25, -0.2) is 0 Å². The highest BCUT2D eigenvalue weighted by Crippen LogP contribution is 2.26. The first kappa shape index (κ1) is 16.8. The summed E-state index contributed by atoms with van der Waals surface area (Å²) in [5.41, 5.74) is 2.44. The van der Waals surface area contributed by atoms with Crippen molar-refractivity contribution in [2.24, 2.45) is 5.41 Å². The van der Waals surface area contributed by atoms with Crippen molar-refractivity contribution in [2.75, 3.05) is 13.7 Å². The van der Waals surface area contributed by atoms with Crippen molar-refractivity contribution in [3.05, 3.63) is 35.4 Å². The number of ether oxygens (including phenoxy) is 1. The van der Waals surface area contributed by atoms with Crippen molar-refractivity contribution in [1.29, 1.82) is 0 Å². The Hall–Kier alpha value is -1.28. The molecule has 112 valence electrons. The zero-order chi connectivity index (χ0) is 15.2. The largest absolute Gasteiger partial charge is 0.496 e. The Bertz CT molecular complexity index is 445. The van der Waals surface area contributed by atoms with Crippen LogP contribution in [0.15, 0.2) is 24.3 Å². The number of aliphatic hydroxyl groups excluding tert-OH is 1. The van der Waals surface area contributed by atoms with E-state index in [1.807, 2.05) is 6.07 Å². The summed E-state index contributed by atoms with van der Waals surface area (Å²) in [4.78, 5) is 0. The standard InChI is InChI=1S/C18H28O2/c1-14(2)15-9-10-17(20-5)16(12-15)8-6-7-11-18(3,4)13-19/h6,8-10,12,14,19H,7,11,13H2,1-5H3. The summed E-state index contributed by atoms with van der Waals surface area (Å²) in [5, 5.41) is 9.25. The highest BCUT2D eigenvalue weighted by atomic mass is 16.5. The quantitative estimate of drug-likeness (QED) is 0.786. The molecular weight excluding hydrogens is 248 g/mol. The molecule has 20 heavy (non-hydrogen) atoms. The molecular formula is C18H28O2. The Kier molecular flexibility index (Phi) is 6.28. The van der Waals surface area contributed by atoms with Gasteiger partial charge in [-0.2, -0.15) is 0 Å². The summed E-state index contributed by atoms with van der Waals surface area (Å²) in [6.45, 7) is 8.78. The summed E-state index contributed by atoms with van der Waals surface area (Å²) in [5.74, 6) is 1.42. The highest BCUT2D eigenvalue weighted by Gasteiger charge is 2.14. The van der Waals surface area contributed by atoms with E-state index in [1.54, 1.807) is 7.11 Å². The molecule has 0 saturated heterocycles. The molecule has 0 aliphatic carbocycles. The number of benzene rings is 1. The molecule has 0 heterocycles. The number of methoxy groups -OCH3 is 1. The van der Waals surface area contributed by atoms with Crippen LogP contribution in [-0.2, 0) is 0 Å². The van der Waals surface area contributed by atoms with Crippen LogP contribution in [0.2, 0.25) is 0 Å². The minimum atomic E-state index is -0.00575. The van der Waals surface area contributed by atoms with Crippen LogP contribution in [-0.4, -0.2) is 18.8 Å². The van der Waals surface area contributed by atoms with E-state index in [0.29, 0.717) is 5.92 Å². The lowest BCUT2D eigenvalue weighted by Gasteiger charge is -2.20. The SMILES string of the molecule is COc1ccc(C(C)C)cc1C=CCCC(C)(C)CO. The number of hydrogen-bond donors (Lipinski definition) is 1. The Balaban J connectivity index is 2.77. The fourth-order valence-electron chi connectivity index (χ4n) is 2.01. The Morgan fingerprint density at radius 3 is 2.55 bits per heavy atom. The van der Waals surface area contributed by atoms with Crippen LogP contribution in [0.5, 0.6) is 5.75 Å². The van der Waals surface area contributed by atoms with Crippen LogP contribution in [0, 0.1) is 5.41 Å². The van der Waals surface area contributed by atoms with E-state index in [-0.39, 0.29) is 12.0 Å². The topological polar surface area (TPSA) is 29.5 Å². The van der Waals surface area contributed by atoms with E-state index in [4.69, 9.17) is 4.74 Å². The highest BCUT2D eigenvalue weighted by molar-refractivity contribution is 5.58. The van der Waals surface area contributed by atoms with Crippen molar-refractivity contribution >= 4 is 6.08 Å². The second-order valence-corrected chi connectivity index (χ2v) is 6.42. The summed E-state index contributed by atoms with van der Waals surface area (Å²) in [6, 6.07) is 6.35. The lowest BCUT2D eigenvalue weighted by atomic mass is 9.89. The van der Waals surface area contributed by atoms with E-state index < -0.39 is 0 Å². The Labute approximate surface area is 123 Å². The Morgan fingerprint density at radius 1 is 1.30 bits per heavy atom. The molecule has 0 aromatic heterocycles. The number of hydrogen-bond acceptors (Lipinski definition) is 2. The van der Waals surface area contributed by atoms with Gasteiger partial charge in [0.2, 0.25) is 0 Å². The lowest BCUT2D eigenvalue weighted by Crippen LogP contribution is -2.15. The molecule has 0 bridgehead atoms. The summed E-state index contributed by atoms with van der Waals surface area (Å²) >= 11 is 0. The smallest absolute Gasteiger partial charge is 0.126 e. The van der Waals surface area contributed by atoms with Gasteiger partial charge in [-0.3, -0.25) is 0 Å². The van der Waals surface area contributed by atoms with Gasteiger partial charge < -0.3 is 9.84 Å². The maximum absolute atomic E-state index is 9.25. The molecule has 2 nitrogen and oxygen atoms in total. The third-order valence-electron chi connectivity index (χ3n) is 3.63. The van der Waals surface area contributed by atoms with Gasteiger partial charge in [-0.05, 0) is 41.9 Å². The summed E-state index contributed by atoms with van der Waals surface area (Å²) in [7, 11) is 1.70. The zero-order valence-electron chi connectivity index (χ0n) is 13.4. The van der Waals surface area contributed by atoms with Crippen LogP contribution in [0.1, 0.15) is 57.6 Å². The summed E-state index contributed by atoms with van der Waals surface area (Å²) < 4.78 is 5.41. The van der Waals surface area contributed by atoms with E-state index in [1.165, 1.54) is 5.56 Å². The molecule has 0 spiro atoms. The van der Waals surface area contributed by atoms with Gasteiger partial charge in [0.1, 0.15) is 5.75 Å². The maximum Gasteiger partial charge on any atom is 0.126 e. The minimum Gasteiger partial charge on any atom is -0.496 e. The van der Waals surface area contributed by atoms with Gasteiger partial charge in [0.25, 0.3) is 0 Å². The van der Waals surface area contributed by atoms with Crippen LogP contribution < -0.4 is 4.74 Å². The molecule has 0 amide bonds. The zero-order valence-corrected chi connectivity index (χ0v) is 13.4. The molecule has 0 fully saturated rings. The van der Waals surface area contributed by atoms with Crippen molar-refractivity contribution in [2.45, 2.75) is 46.5 Å². The number of rotatable bonds is 7. The lowest BCUT2D eigenvalue weighted by molar-refractivity contribution is 0.151. The van der Waals surface area contributed by atoms with E-state index in [0.717, 1.165) is 24.2 Å². The van der Waals surface area contributed by atoms with Crippen LogP contribution >= 0.6 is 0 Å². The summed E-state index contributed by atoms with van der Waals surface area (Å²) in [6.07, 6.45) is 6.23. The van der Waals surface area contributed by atoms with Gasteiger partial charge in [0.15, 0.2) is 0 Å². The fourth-order valence-corrected chi connectivity index (χ4v) is 2.01. The molecule has 0 aliphatic heterocycles. The number of aliphatic hydroxyl groups is 1.